The second-order valence-corrected chi connectivity index (χ2v) is 9.60. The van der Waals surface area contributed by atoms with Crippen LogP contribution in [0, 0.1) is 0 Å². The second-order valence-electron chi connectivity index (χ2n) is 9.60. The van der Waals surface area contributed by atoms with E-state index in [2.05, 4.69) is 22.3 Å². The van der Waals surface area contributed by atoms with Crippen molar-refractivity contribution in [1.82, 2.24) is 15.1 Å². The fourth-order valence-corrected chi connectivity index (χ4v) is 4.68. The Kier molecular flexibility index (Phi) is 7.20. The molecule has 7 heteroatoms. The van der Waals surface area contributed by atoms with Gasteiger partial charge in [0.25, 0.3) is 5.91 Å². The zero-order valence-corrected chi connectivity index (χ0v) is 20.1. The maximum atomic E-state index is 13.0. The first-order valence-corrected chi connectivity index (χ1v) is 12.1. The Morgan fingerprint density at radius 3 is 2.32 bits per heavy atom. The van der Waals surface area contributed by atoms with E-state index in [4.69, 9.17) is 0 Å². The summed E-state index contributed by atoms with van der Waals surface area (Å²) in [4.78, 5) is 43.4. The highest BCUT2D eigenvalue weighted by molar-refractivity contribution is 6.08. The van der Waals surface area contributed by atoms with Crippen LogP contribution in [0.3, 0.4) is 0 Å². The van der Waals surface area contributed by atoms with Gasteiger partial charge in [-0.3, -0.25) is 14.5 Å². The Bertz CT molecular complexity index is 1020. The zero-order valence-electron chi connectivity index (χ0n) is 20.1. The molecule has 2 aromatic rings. The van der Waals surface area contributed by atoms with Crippen molar-refractivity contribution < 1.29 is 14.4 Å². The maximum absolute atomic E-state index is 13.0. The molecule has 2 heterocycles. The molecule has 1 atom stereocenters. The van der Waals surface area contributed by atoms with Gasteiger partial charge in [0.05, 0.1) is 0 Å². The van der Waals surface area contributed by atoms with Crippen molar-refractivity contribution in [1.29, 1.82) is 0 Å². The van der Waals surface area contributed by atoms with Crippen LogP contribution in [0.2, 0.25) is 0 Å². The topological polar surface area (TPSA) is 73.0 Å². The number of imide groups is 1. The summed E-state index contributed by atoms with van der Waals surface area (Å²) in [5.74, 6) is -0.614. The van der Waals surface area contributed by atoms with Crippen LogP contribution in [0.15, 0.2) is 54.6 Å². The van der Waals surface area contributed by atoms with E-state index in [0.717, 1.165) is 29.1 Å². The number of piperidine rings is 1. The summed E-state index contributed by atoms with van der Waals surface area (Å²) in [6.45, 7) is 4.08. The molecule has 7 nitrogen and oxygen atoms in total. The average molecular weight is 463 g/mol. The lowest BCUT2D eigenvalue weighted by Gasteiger charge is -2.29. The smallest absolute Gasteiger partial charge is 0.325 e. The third kappa shape index (κ3) is 5.41. The fraction of sp³-hybridized carbons (Fsp3) is 0.444. The number of benzene rings is 2. The maximum Gasteiger partial charge on any atom is 0.325 e. The minimum atomic E-state index is -1.00. The van der Waals surface area contributed by atoms with Gasteiger partial charge in [0.2, 0.25) is 5.91 Å². The molecule has 4 amide bonds. The van der Waals surface area contributed by atoms with Gasteiger partial charge in [0.1, 0.15) is 12.1 Å². The lowest BCUT2D eigenvalue weighted by atomic mass is 9.93. The molecule has 1 N–H and O–H groups in total. The largest absolute Gasteiger partial charge is 0.372 e. The van der Waals surface area contributed by atoms with E-state index < -0.39 is 11.6 Å². The molecule has 0 saturated carbocycles. The number of hydrogen-bond acceptors (Lipinski definition) is 4. The Hall–Kier alpha value is -3.35. The number of aryl methyl sites for hydroxylation is 1. The predicted octanol–water partition coefficient (Wildman–Crippen LogP) is 3.58. The minimum Gasteiger partial charge on any atom is -0.372 e. The predicted molar refractivity (Wildman–Crippen MR) is 132 cm³/mol. The van der Waals surface area contributed by atoms with Crippen LogP contribution < -0.4 is 10.2 Å². The number of urea groups is 1. The molecule has 0 spiro atoms. The molecule has 0 aromatic heterocycles. The molecular formula is C27H34N4O3. The first-order chi connectivity index (χ1) is 16.4. The van der Waals surface area contributed by atoms with Crippen LogP contribution in [0.25, 0.3) is 0 Å². The Morgan fingerprint density at radius 1 is 0.971 bits per heavy atom. The van der Waals surface area contributed by atoms with Crippen molar-refractivity contribution in [3.05, 3.63) is 65.7 Å². The van der Waals surface area contributed by atoms with Gasteiger partial charge in [0, 0.05) is 32.4 Å². The Morgan fingerprint density at radius 2 is 1.65 bits per heavy atom. The zero-order chi connectivity index (χ0) is 24.1. The molecule has 2 aliphatic heterocycles. The van der Waals surface area contributed by atoms with Crippen LogP contribution in [0.1, 0.15) is 43.7 Å². The van der Waals surface area contributed by atoms with Gasteiger partial charge in [0.15, 0.2) is 0 Å². The normalized spacial score (nSPS) is 20.4. The highest BCUT2D eigenvalue weighted by Gasteiger charge is 2.48. The van der Waals surface area contributed by atoms with Crippen molar-refractivity contribution in [3.8, 4) is 0 Å². The lowest BCUT2D eigenvalue weighted by Crippen LogP contribution is -2.45. The van der Waals surface area contributed by atoms with E-state index in [1.807, 2.05) is 42.5 Å². The molecular weight excluding hydrogens is 428 g/mol. The Labute approximate surface area is 201 Å². The molecule has 4 rings (SSSR count). The quantitative estimate of drug-likeness (QED) is 0.609. The van der Waals surface area contributed by atoms with Crippen LogP contribution >= 0.6 is 0 Å². The highest BCUT2D eigenvalue weighted by atomic mass is 16.2. The second kappa shape index (κ2) is 10.3. The molecule has 0 aliphatic carbocycles. The molecule has 1 unspecified atom stereocenters. The number of amides is 4. The summed E-state index contributed by atoms with van der Waals surface area (Å²) < 4.78 is 0. The summed E-state index contributed by atoms with van der Waals surface area (Å²) in [5.41, 5.74) is 2.33. The lowest BCUT2D eigenvalue weighted by molar-refractivity contribution is -0.138. The van der Waals surface area contributed by atoms with Crippen molar-refractivity contribution in [2.24, 2.45) is 0 Å². The SMILES string of the molecule is CN(Cc1ccc(N2CCCCC2)cc1)C(=O)CN1C(=O)NC(C)(CCc2ccccc2)C1=O. The number of carbonyl (C=O) groups is 3. The standard InChI is InChI=1S/C27H34N4O3/c1-27(16-15-21-9-5-3-6-10-21)25(33)31(26(34)28-27)20-24(32)29(2)19-22-11-13-23(14-12-22)30-17-7-4-8-18-30/h3,5-6,9-14H,4,7-8,15-20H2,1-2H3,(H,28,34). The molecule has 2 saturated heterocycles. The van der Waals surface area contributed by atoms with Crippen LogP contribution in [0.5, 0.6) is 0 Å². The summed E-state index contributed by atoms with van der Waals surface area (Å²) in [7, 11) is 1.70. The monoisotopic (exact) mass is 462 g/mol. The Balaban J connectivity index is 1.31. The minimum absolute atomic E-state index is 0.256. The average Bonchev–Trinajstić information content (AvgIpc) is 3.07. The van der Waals surface area contributed by atoms with Gasteiger partial charge < -0.3 is 15.1 Å². The van der Waals surface area contributed by atoms with E-state index in [0.29, 0.717) is 19.4 Å². The molecule has 2 aliphatic rings. The molecule has 0 radical (unpaired) electrons. The van der Waals surface area contributed by atoms with E-state index in [1.165, 1.54) is 24.9 Å². The summed E-state index contributed by atoms with van der Waals surface area (Å²) >= 11 is 0. The van der Waals surface area contributed by atoms with Crippen molar-refractivity contribution in [3.63, 3.8) is 0 Å². The van der Waals surface area contributed by atoms with Crippen LogP contribution in [-0.4, -0.2) is 59.9 Å². The number of nitrogens with one attached hydrogen (secondary N) is 1. The van der Waals surface area contributed by atoms with Crippen molar-refractivity contribution in [2.75, 3.05) is 31.6 Å². The molecule has 0 bridgehead atoms. The third-order valence-corrected chi connectivity index (χ3v) is 6.90. The van der Waals surface area contributed by atoms with Gasteiger partial charge in [-0.05, 0) is 62.3 Å². The number of rotatable bonds is 8. The molecule has 2 aromatic carbocycles. The first-order valence-electron chi connectivity index (χ1n) is 12.1. The third-order valence-electron chi connectivity index (χ3n) is 6.90. The number of anilines is 1. The van der Waals surface area contributed by atoms with E-state index in [1.54, 1.807) is 18.9 Å². The number of nitrogens with zero attached hydrogens (tertiary/aromatic N) is 3. The summed E-state index contributed by atoms with van der Waals surface area (Å²) in [5, 5.41) is 2.79. The number of likely N-dealkylation sites (N-methyl/N-ethyl adjacent to an activating group) is 1. The molecule has 2 fully saturated rings. The van der Waals surface area contributed by atoms with Crippen molar-refractivity contribution in [2.45, 2.75) is 51.1 Å². The molecule has 180 valence electrons. The number of carbonyl (C=O) groups excluding carboxylic acids is 3. The highest BCUT2D eigenvalue weighted by Crippen LogP contribution is 2.24. The van der Waals surface area contributed by atoms with Gasteiger partial charge >= 0.3 is 6.03 Å². The van der Waals surface area contributed by atoms with Crippen LogP contribution in [-0.2, 0) is 22.6 Å². The summed E-state index contributed by atoms with van der Waals surface area (Å²) in [6, 6.07) is 17.6. The fourth-order valence-electron chi connectivity index (χ4n) is 4.68. The van der Waals surface area contributed by atoms with Crippen LogP contribution in [0.4, 0.5) is 10.5 Å². The van der Waals surface area contributed by atoms with Gasteiger partial charge in [-0.25, -0.2) is 4.79 Å². The van der Waals surface area contributed by atoms with E-state index >= 15 is 0 Å². The number of hydrogen-bond donors (Lipinski definition) is 1. The van der Waals surface area contributed by atoms with Gasteiger partial charge in [-0.15, -0.1) is 0 Å². The van der Waals surface area contributed by atoms with E-state index in [-0.39, 0.29) is 18.4 Å². The first kappa shape index (κ1) is 23.8. The van der Waals surface area contributed by atoms with Gasteiger partial charge in [-0.2, -0.15) is 0 Å². The van der Waals surface area contributed by atoms with E-state index in [9.17, 15) is 14.4 Å². The summed E-state index contributed by atoms with van der Waals surface area (Å²) in [6.07, 6.45) is 4.90. The molecule has 34 heavy (non-hydrogen) atoms. The van der Waals surface area contributed by atoms with Gasteiger partial charge in [-0.1, -0.05) is 42.5 Å². The van der Waals surface area contributed by atoms with Crippen molar-refractivity contribution >= 4 is 23.5 Å².